The van der Waals surface area contributed by atoms with Crippen LogP contribution in [0, 0.1) is 5.92 Å². The molecule has 3 aromatic heterocycles. The van der Waals surface area contributed by atoms with Crippen molar-refractivity contribution in [1.29, 1.82) is 0 Å². The second-order valence-corrected chi connectivity index (χ2v) is 17.1. The average molecular weight is 929 g/mol. The Morgan fingerprint density at radius 3 is 2.37 bits per heavy atom. The van der Waals surface area contributed by atoms with Crippen LogP contribution in [-0.2, 0) is 32.1 Å². The number of β-amino-alcohol motifs (C(OH)–C–C–N with tert-alkyl or cyclic N) is 1. The van der Waals surface area contributed by atoms with Crippen molar-refractivity contribution in [2.75, 3.05) is 39.3 Å². The van der Waals surface area contributed by atoms with Crippen LogP contribution in [0.25, 0.3) is 17.4 Å². The molecule has 0 unspecified atom stereocenters. The topological polar surface area (TPSA) is 205 Å². The quantitative estimate of drug-likeness (QED) is 0.0811. The number of nitrogens with zero attached hydrogens (tertiary/aromatic N) is 6. The number of amides is 2. The number of nitrogens with one attached hydrogen (secondary N) is 2. The fourth-order valence-corrected chi connectivity index (χ4v) is 7.56. The third-order valence-electron chi connectivity index (χ3n) is 10.6. The molecule has 4 N–H and O–H groups in total. The second kappa shape index (κ2) is 23.3. The van der Waals surface area contributed by atoms with Crippen LogP contribution >= 0.6 is 0 Å². The third kappa shape index (κ3) is 15.8. The smallest absolute Gasteiger partial charge is 0.405 e. The van der Waals surface area contributed by atoms with Crippen LogP contribution < -0.4 is 15.4 Å². The van der Waals surface area contributed by atoms with Crippen molar-refractivity contribution in [1.82, 2.24) is 40.4 Å². The number of esters is 1. The van der Waals surface area contributed by atoms with Crippen molar-refractivity contribution in [3.8, 4) is 17.1 Å². The number of piperazine rings is 1. The van der Waals surface area contributed by atoms with Gasteiger partial charge in [0, 0.05) is 86.7 Å². The van der Waals surface area contributed by atoms with E-state index in [4.69, 9.17) is 13.9 Å². The average Bonchev–Trinajstić information content (AvgIpc) is 3.77. The van der Waals surface area contributed by atoms with Gasteiger partial charge in [-0.25, -0.2) is 4.79 Å². The second-order valence-electron chi connectivity index (χ2n) is 17.1. The summed E-state index contributed by atoms with van der Waals surface area (Å²) in [4.78, 5) is 58.2. The maximum absolute atomic E-state index is 13.8. The number of aromatic nitrogens is 4. The Kier molecular flexibility index (Phi) is 17.3. The van der Waals surface area contributed by atoms with E-state index < -0.39 is 60.3 Å². The molecule has 0 saturated carbocycles. The monoisotopic (exact) mass is 928 g/mol. The van der Waals surface area contributed by atoms with Crippen molar-refractivity contribution < 1.29 is 51.7 Å². The minimum atomic E-state index is -4.60. The number of carbonyl (C=O) groups excluding carboxylic acids is 3. The number of aliphatic hydroxyl groups excluding tert-OH is 2. The van der Waals surface area contributed by atoms with Crippen molar-refractivity contribution in [2.45, 2.75) is 76.2 Å². The summed E-state index contributed by atoms with van der Waals surface area (Å²) in [5.41, 5.74) is 2.18. The highest BCUT2D eigenvalue weighted by molar-refractivity contribution is 5.87. The van der Waals surface area contributed by atoms with E-state index in [0.29, 0.717) is 47.3 Å². The van der Waals surface area contributed by atoms with Crippen LogP contribution in [0.15, 0.2) is 114 Å². The molecular weight excluding hydrogens is 874 g/mol. The number of ether oxygens (including phenoxy) is 2. The molecule has 67 heavy (non-hydrogen) atoms. The van der Waals surface area contributed by atoms with Crippen LogP contribution in [0.4, 0.5) is 13.2 Å². The molecule has 2 aromatic carbocycles. The Hall–Kier alpha value is -6.54. The summed E-state index contributed by atoms with van der Waals surface area (Å²) in [7, 11) is 0. The van der Waals surface area contributed by atoms with E-state index in [1.165, 1.54) is 24.7 Å². The molecule has 5 aromatic rings. The lowest BCUT2D eigenvalue weighted by molar-refractivity contribution is -0.148. The highest BCUT2D eigenvalue weighted by Crippen LogP contribution is 2.33. The number of hydrogen-bond acceptors (Lipinski definition) is 14. The van der Waals surface area contributed by atoms with Gasteiger partial charge < -0.3 is 34.7 Å². The molecule has 356 valence electrons. The first kappa shape index (κ1) is 49.9. The molecule has 1 saturated heterocycles. The molecule has 2 aliphatic rings. The van der Waals surface area contributed by atoms with E-state index in [1.807, 2.05) is 73.5 Å². The Labute approximate surface area is 386 Å². The highest BCUT2D eigenvalue weighted by atomic mass is 19.4. The van der Waals surface area contributed by atoms with Crippen molar-refractivity contribution >= 4 is 23.9 Å². The van der Waals surface area contributed by atoms with Gasteiger partial charge in [0.05, 0.1) is 36.3 Å². The molecule has 7 rings (SSSR count). The number of furan rings is 1. The lowest BCUT2D eigenvalue weighted by atomic mass is 9.92. The van der Waals surface area contributed by atoms with Crippen LogP contribution in [0.3, 0.4) is 0 Å². The largest absolute Gasteiger partial charge is 0.490 e. The van der Waals surface area contributed by atoms with E-state index in [9.17, 15) is 37.8 Å². The normalized spacial score (nSPS) is 18.7. The zero-order valence-electron chi connectivity index (χ0n) is 37.4. The number of fused-ring (bicyclic) bond motifs is 1. The van der Waals surface area contributed by atoms with E-state index in [0.717, 1.165) is 5.56 Å². The van der Waals surface area contributed by atoms with E-state index in [2.05, 4.69) is 25.3 Å². The van der Waals surface area contributed by atoms with E-state index in [1.54, 1.807) is 53.8 Å². The molecule has 2 amide bonds. The highest BCUT2D eigenvalue weighted by Gasteiger charge is 2.38. The Morgan fingerprint density at radius 1 is 0.940 bits per heavy atom. The first-order valence-electron chi connectivity index (χ1n) is 21.7. The molecule has 1 fully saturated rings. The molecule has 0 aliphatic carbocycles. The van der Waals surface area contributed by atoms with Crippen LogP contribution in [0.5, 0.6) is 5.75 Å². The predicted octanol–water partition coefficient (Wildman–Crippen LogP) is 4.95. The summed E-state index contributed by atoms with van der Waals surface area (Å²) in [6.45, 7) is 5.00. The Balaban J connectivity index is 0.000000421. The van der Waals surface area contributed by atoms with E-state index >= 15 is 0 Å². The lowest BCUT2D eigenvalue weighted by Crippen LogP contribution is -2.60. The van der Waals surface area contributed by atoms with Gasteiger partial charge in [0.1, 0.15) is 48.2 Å². The molecule has 5 heterocycles. The van der Waals surface area contributed by atoms with Crippen molar-refractivity contribution in [3.05, 3.63) is 133 Å². The zero-order valence-corrected chi connectivity index (χ0v) is 37.4. The molecule has 16 nitrogen and oxygen atoms in total. The number of benzene rings is 2. The summed E-state index contributed by atoms with van der Waals surface area (Å²) in [6, 6.07) is 18.5. The zero-order chi connectivity index (χ0) is 48.0. The third-order valence-corrected chi connectivity index (χ3v) is 10.6. The first-order chi connectivity index (χ1) is 32.0. The van der Waals surface area contributed by atoms with Crippen molar-refractivity contribution in [2.24, 2.45) is 5.92 Å². The molecule has 0 radical (unpaired) electrons. The summed E-state index contributed by atoms with van der Waals surface area (Å²) in [5, 5.41) is 27.1. The number of rotatable bonds is 15. The fraction of sp³-hybridized carbons (Fsp3) is 0.396. The molecular formula is C48H55F3N8O8. The Morgan fingerprint density at radius 2 is 1.67 bits per heavy atom. The van der Waals surface area contributed by atoms with Crippen LogP contribution in [0.2, 0.25) is 0 Å². The molecule has 5 atom stereocenters. The van der Waals surface area contributed by atoms with Crippen LogP contribution in [-0.4, -0.2) is 127 Å². The number of aliphatic hydroxyl groups is 2. The first-order valence-corrected chi connectivity index (χ1v) is 21.7. The number of halogens is 3. The van der Waals surface area contributed by atoms with Gasteiger partial charge in [0.2, 0.25) is 11.8 Å². The summed E-state index contributed by atoms with van der Waals surface area (Å²) in [6.07, 6.45) is 5.43. The van der Waals surface area contributed by atoms with Gasteiger partial charge in [-0.15, -0.1) is 0 Å². The standard InChI is InChI=1S/C37H41F3N6O6.C11H14N2O2/c38-37(39,40)23-43-36(50)30-21-45(20-28-10-11-32(52-28)24-6-2-1-3-7-24)14-15-46(30)19-27(47)17-25(16-26-18-41-12-13-42-26)35(49)44-34-29-8-4-5-9-33(29)51-22-31(34)48;1-11(2,3)15-10(14)5-4-9-8-12-6-7-13-9/h1-13,18,25,27,30-31,34,47-48H,14-17,19-23H2,(H,43,50)(H,44,49);4-8H,1-3H3/b;5-4+/t25-,27+,30+,31-,34+;/m1./s1. The van der Waals surface area contributed by atoms with Crippen LogP contribution in [0.1, 0.15) is 55.9 Å². The number of para-hydroxylation sites is 1. The maximum atomic E-state index is 13.8. The number of alkyl halides is 3. The summed E-state index contributed by atoms with van der Waals surface area (Å²) >= 11 is 0. The fourth-order valence-electron chi connectivity index (χ4n) is 7.56. The molecule has 2 aliphatic heterocycles. The molecule has 0 spiro atoms. The van der Waals surface area contributed by atoms with Gasteiger partial charge in [-0.3, -0.25) is 39.3 Å². The van der Waals surface area contributed by atoms with Gasteiger partial charge in [-0.05, 0) is 51.5 Å². The Bertz CT molecular complexity index is 2390. The van der Waals surface area contributed by atoms with Gasteiger partial charge in [-0.2, -0.15) is 13.2 Å². The van der Waals surface area contributed by atoms with E-state index in [-0.39, 0.29) is 45.1 Å². The molecule has 19 heteroatoms. The SMILES string of the molecule is CC(C)(C)OC(=O)/C=C/c1cnccn1.O=C(N[C@H]1c2ccccc2OC[C@H]1O)[C@H](Cc1cnccn1)C[C@H](O)CN1CCN(Cc2ccc(-c3ccccc3)o2)C[C@H]1C(=O)NCC(F)(F)F. The van der Waals surface area contributed by atoms with Gasteiger partial charge >= 0.3 is 12.1 Å². The van der Waals surface area contributed by atoms with Gasteiger partial charge in [0.25, 0.3) is 0 Å². The van der Waals surface area contributed by atoms with Gasteiger partial charge in [-0.1, -0.05) is 48.5 Å². The number of hydrogen-bond donors (Lipinski definition) is 4. The lowest BCUT2D eigenvalue weighted by Gasteiger charge is -2.41. The summed E-state index contributed by atoms with van der Waals surface area (Å²) < 4.78 is 56.1. The predicted molar refractivity (Wildman–Crippen MR) is 239 cm³/mol. The molecule has 0 bridgehead atoms. The van der Waals surface area contributed by atoms with Gasteiger partial charge in [0.15, 0.2) is 0 Å². The maximum Gasteiger partial charge on any atom is 0.405 e. The number of carbonyl (C=O) groups is 3. The summed E-state index contributed by atoms with van der Waals surface area (Å²) in [5.74, 6) is -0.619. The minimum Gasteiger partial charge on any atom is -0.490 e. The minimum absolute atomic E-state index is 0.0166. The van der Waals surface area contributed by atoms with Crippen molar-refractivity contribution in [3.63, 3.8) is 0 Å².